The molecule has 0 saturated carbocycles. The number of hydrogen-bond donors (Lipinski definition) is 1. The summed E-state index contributed by atoms with van der Waals surface area (Å²) in [5, 5.41) is 3.21. The molecule has 0 amide bonds. The van der Waals surface area contributed by atoms with Crippen molar-refractivity contribution in [2.45, 2.75) is 19.9 Å². The van der Waals surface area contributed by atoms with Crippen molar-refractivity contribution >= 4 is 0 Å². The summed E-state index contributed by atoms with van der Waals surface area (Å²) in [5.74, 6) is 0. The molecule has 0 heterocycles. The molecule has 0 aromatic heterocycles. The van der Waals surface area contributed by atoms with Gasteiger partial charge in [-0.1, -0.05) is 37.3 Å². The Labute approximate surface area is 79.9 Å². The quantitative estimate of drug-likeness (QED) is 0.533. The monoisotopic (exact) mass is 179 g/mol. The maximum absolute atomic E-state index is 5.29. The van der Waals surface area contributed by atoms with E-state index in [9.17, 15) is 0 Å². The van der Waals surface area contributed by atoms with Crippen molar-refractivity contribution in [2.24, 2.45) is 0 Å². The molecule has 2 nitrogen and oxygen atoms in total. The molecule has 0 aliphatic rings. The predicted octanol–water partition coefficient (Wildman–Crippen LogP) is 2.16. The third-order valence-electron chi connectivity index (χ3n) is 1.72. The van der Waals surface area contributed by atoms with Crippen LogP contribution < -0.4 is 5.32 Å². The molecule has 0 saturated heterocycles. The summed E-state index contributed by atoms with van der Waals surface area (Å²) in [6.07, 6.45) is 1.08. The molecule has 1 rings (SSSR count). The van der Waals surface area contributed by atoms with Crippen LogP contribution >= 0.6 is 0 Å². The summed E-state index contributed by atoms with van der Waals surface area (Å²) in [4.78, 5) is 0. The van der Waals surface area contributed by atoms with Gasteiger partial charge in [-0.3, -0.25) is 5.32 Å². The highest BCUT2D eigenvalue weighted by molar-refractivity contribution is 5.13. The molecule has 13 heavy (non-hydrogen) atoms. The zero-order chi connectivity index (χ0) is 9.36. The van der Waals surface area contributed by atoms with Crippen LogP contribution in [-0.4, -0.2) is 13.3 Å². The second-order valence-electron chi connectivity index (χ2n) is 2.96. The van der Waals surface area contributed by atoms with Gasteiger partial charge < -0.3 is 4.74 Å². The molecule has 0 bridgehead atoms. The van der Waals surface area contributed by atoms with E-state index < -0.39 is 0 Å². The van der Waals surface area contributed by atoms with E-state index in [2.05, 4.69) is 24.4 Å². The molecule has 2 heteroatoms. The molecule has 0 unspecified atom stereocenters. The SMILES string of the molecule is CCCOCNCc1ccccc1. The Morgan fingerprint density at radius 2 is 2.00 bits per heavy atom. The molecule has 72 valence electrons. The van der Waals surface area contributed by atoms with Gasteiger partial charge in [-0.05, 0) is 12.0 Å². The van der Waals surface area contributed by atoms with Crippen molar-refractivity contribution in [3.05, 3.63) is 35.9 Å². The lowest BCUT2D eigenvalue weighted by molar-refractivity contribution is 0.116. The normalized spacial score (nSPS) is 10.2. The number of benzene rings is 1. The zero-order valence-electron chi connectivity index (χ0n) is 8.12. The largest absolute Gasteiger partial charge is 0.366 e. The number of nitrogens with one attached hydrogen (secondary N) is 1. The Balaban J connectivity index is 2.07. The van der Waals surface area contributed by atoms with Gasteiger partial charge in [0.05, 0.1) is 6.73 Å². The minimum absolute atomic E-state index is 0.642. The summed E-state index contributed by atoms with van der Waals surface area (Å²) in [5.41, 5.74) is 1.29. The lowest BCUT2D eigenvalue weighted by Gasteiger charge is -2.04. The highest BCUT2D eigenvalue weighted by atomic mass is 16.5. The van der Waals surface area contributed by atoms with E-state index in [0.717, 1.165) is 19.6 Å². The van der Waals surface area contributed by atoms with Crippen molar-refractivity contribution < 1.29 is 4.74 Å². The third-order valence-corrected chi connectivity index (χ3v) is 1.72. The zero-order valence-corrected chi connectivity index (χ0v) is 8.12. The van der Waals surface area contributed by atoms with Crippen molar-refractivity contribution in [2.75, 3.05) is 13.3 Å². The van der Waals surface area contributed by atoms with Gasteiger partial charge in [0, 0.05) is 13.2 Å². The average molecular weight is 179 g/mol. The molecule has 0 radical (unpaired) electrons. The van der Waals surface area contributed by atoms with Crippen LogP contribution in [0.1, 0.15) is 18.9 Å². The molecular weight excluding hydrogens is 162 g/mol. The second kappa shape index (κ2) is 6.63. The molecule has 0 aliphatic heterocycles. The van der Waals surface area contributed by atoms with E-state index in [1.165, 1.54) is 5.56 Å². The average Bonchev–Trinajstić information content (AvgIpc) is 2.19. The Morgan fingerprint density at radius 1 is 1.23 bits per heavy atom. The van der Waals surface area contributed by atoms with Crippen LogP contribution in [0.4, 0.5) is 0 Å². The van der Waals surface area contributed by atoms with Gasteiger partial charge in [-0.2, -0.15) is 0 Å². The fraction of sp³-hybridized carbons (Fsp3) is 0.455. The van der Waals surface area contributed by atoms with E-state index in [1.807, 2.05) is 18.2 Å². The van der Waals surface area contributed by atoms with Gasteiger partial charge in [-0.25, -0.2) is 0 Å². The van der Waals surface area contributed by atoms with E-state index in [4.69, 9.17) is 4.74 Å². The van der Waals surface area contributed by atoms with Crippen LogP contribution in [0.25, 0.3) is 0 Å². The summed E-state index contributed by atoms with van der Waals surface area (Å²) in [7, 11) is 0. The van der Waals surface area contributed by atoms with Crippen LogP contribution in [-0.2, 0) is 11.3 Å². The minimum atomic E-state index is 0.642. The first-order valence-electron chi connectivity index (χ1n) is 4.76. The Hall–Kier alpha value is -0.860. The molecule has 0 spiro atoms. The number of rotatable bonds is 6. The lowest BCUT2D eigenvalue weighted by atomic mass is 10.2. The number of ether oxygens (including phenoxy) is 1. The van der Waals surface area contributed by atoms with Gasteiger partial charge in [0.1, 0.15) is 0 Å². The van der Waals surface area contributed by atoms with Crippen molar-refractivity contribution in [1.82, 2.24) is 5.32 Å². The number of hydrogen-bond acceptors (Lipinski definition) is 2. The Bertz CT molecular complexity index is 211. The van der Waals surface area contributed by atoms with Gasteiger partial charge >= 0.3 is 0 Å². The Kier molecular flexibility index (Phi) is 5.22. The maximum Gasteiger partial charge on any atom is 0.0967 e. The second-order valence-corrected chi connectivity index (χ2v) is 2.96. The first kappa shape index (κ1) is 10.2. The fourth-order valence-corrected chi connectivity index (χ4v) is 1.08. The van der Waals surface area contributed by atoms with E-state index in [1.54, 1.807) is 0 Å². The molecule has 1 N–H and O–H groups in total. The highest BCUT2D eigenvalue weighted by Crippen LogP contribution is 1.96. The summed E-state index contributed by atoms with van der Waals surface area (Å²) < 4.78 is 5.29. The van der Waals surface area contributed by atoms with E-state index in [-0.39, 0.29) is 0 Å². The molecule has 0 fully saturated rings. The third kappa shape index (κ3) is 4.65. The van der Waals surface area contributed by atoms with Gasteiger partial charge in [-0.15, -0.1) is 0 Å². The molecule has 0 aliphatic carbocycles. The Morgan fingerprint density at radius 3 is 2.69 bits per heavy atom. The van der Waals surface area contributed by atoms with Crippen LogP contribution in [0.15, 0.2) is 30.3 Å². The molecular formula is C11H17NO. The van der Waals surface area contributed by atoms with E-state index in [0.29, 0.717) is 6.73 Å². The summed E-state index contributed by atoms with van der Waals surface area (Å²) in [6.45, 7) is 4.46. The van der Waals surface area contributed by atoms with Crippen LogP contribution in [0.2, 0.25) is 0 Å². The lowest BCUT2D eigenvalue weighted by Crippen LogP contribution is -2.17. The van der Waals surface area contributed by atoms with Gasteiger partial charge in [0.2, 0.25) is 0 Å². The van der Waals surface area contributed by atoms with Crippen molar-refractivity contribution in [3.63, 3.8) is 0 Å². The molecule has 1 aromatic carbocycles. The standard InChI is InChI=1S/C11H17NO/c1-2-8-13-10-12-9-11-6-4-3-5-7-11/h3-7,12H,2,8-10H2,1H3. The van der Waals surface area contributed by atoms with Crippen LogP contribution in [0, 0.1) is 0 Å². The van der Waals surface area contributed by atoms with Crippen molar-refractivity contribution in [1.29, 1.82) is 0 Å². The first-order valence-corrected chi connectivity index (χ1v) is 4.76. The van der Waals surface area contributed by atoms with Crippen LogP contribution in [0.5, 0.6) is 0 Å². The van der Waals surface area contributed by atoms with E-state index >= 15 is 0 Å². The minimum Gasteiger partial charge on any atom is -0.366 e. The van der Waals surface area contributed by atoms with Crippen LogP contribution in [0.3, 0.4) is 0 Å². The predicted molar refractivity (Wildman–Crippen MR) is 54.4 cm³/mol. The molecule has 0 atom stereocenters. The maximum atomic E-state index is 5.29. The highest BCUT2D eigenvalue weighted by Gasteiger charge is 1.89. The first-order chi connectivity index (χ1) is 6.43. The van der Waals surface area contributed by atoms with Crippen molar-refractivity contribution in [3.8, 4) is 0 Å². The van der Waals surface area contributed by atoms with Gasteiger partial charge in [0.25, 0.3) is 0 Å². The topological polar surface area (TPSA) is 21.3 Å². The molecule has 1 aromatic rings. The van der Waals surface area contributed by atoms with Gasteiger partial charge in [0.15, 0.2) is 0 Å². The summed E-state index contributed by atoms with van der Waals surface area (Å²) in [6, 6.07) is 10.3. The smallest absolute Gasteiger partial charge is 0.0967 e. The summed E-state index contributed by atoms with van der Waals surface area (Å²) >= 11 is 0. The fourth-order valence-electron chi connectivity index (χ4n) is 1.08.